The molecule has 82 valence electrons. The monoisotopic (exact) mass is 227 g/mol. The maximum Gasteiger partial charge on any atom is 0.243 e. The zero-order valence-corrected chi connectivity index (χ0v) is 9.05. The van der Waals surface area contributed by atoms with Gasteiger partial charge in [0.2, 0.25) is 10.0 Å². The first-order valence-electron chi connectivity index (χ1n) is 4.59. The van der Waals surface area contributed by atoms with Gasteiger partial charge in [0.15, 0.2) is 0 Å². The van der Waals surface area contributed by atoms with E-state index in [1.54, 1.807) is 0 Å². The van der Waals surface area contributed by atoms with E-state index in [1.807, 2.05) is 0 Å². The van der Waals surface area contributed by atoms with E-state index in [0.29, 0.717) is 13.0 Å². The van der Waals surface area contributed by atoms with Gasteiger partial charge in [0.25, 0.3) is 0 Å². The van der Waals surface area contributed by atoms with Crippen molar-refractivity contribution in [2.24, 2.45) is 0 Å². The molecule has 0 radical (unpaired) electrons. The van der Waals surface area contributed by atoms with E-state index >= 15 is 0 Å². The molecule has 0 saturated heterocycles. The van der Waals surface area contributed by atoms with Crippen LogP contribution in [0.15, 0.2) is 17.3 Å². The highest BCUT2D eigenvalue weighted by molar-refractivity contribution is 7.89. The lowest BCUT2D eigenvalue weighted by atomic mass is 10.2. The molecular formula is C9H13N3O2S. The van der Waals surface area contributed by atoms with Crippen molar-refractivity contribution >= 4 is 10.0 Å². The van der Waals surface area contributed by atoms with Gasteiger partial charge in [-0.05, 0) is 12.8 Å². The van der Waals surface area contributed by atoms with Crippen LogP contribution in [0.3, 0.4) is 0 Å². The zero-order chi connectivity index (χ0) is 11.1. The molecule has 1 heterocycles. The van der Waals surface area contributed by atoms with Gasteiger partial charge in [-0.3, -0.25) is 5.10 Å². The molecule has 6 heteroatoms. The Balaban J connectivity index is 2.36. The molecule has 1 aromatic rings. The molecule has 0 aliphatic heterocycles. The number of H-pyrrole nitrogens is 1. The lowest BCUT2D eigenvalue weighted by molar-refractivity contribution is 0.577. The highest BCUT2D eigenvalue weighted by Gasteiger charge is 2.13. The van der Waals surface area contributed by atoms with Crippen LogP contribution in [-0.4, -0.2) is 25.2 Å². The minimum atomic E-state index is -3.40. The summed E-state index contributed by atoms with van der Waals surface area (Å²) in [5, 5.41) is 6.03. The highest BCUT2D eigenvalue weighted by atomic mass is 32.2. The Bertz CT molecular complexity index is 417. The van der Waals surface area contributed by atoms with Crippen LogP contribution in [0.2, 0.25) is 0 Å². The number of sulfonamides is 1. The third-order valence-electron chi connectivity index (χ3n) is 1.82. The van der Waals surface area contributed by atoms with Crippen molar-refractivity contribution < 1.29 is 8.42 Å². The summed E-state index contributed by atoms with van der Waals surface area (Å²) in [5.74, 6) is 2.50. The molecule has 0 fully saturated rings. The first kappa shape index (κ1) is 11.8. The molecule has 1 rings (SSSR count). The van der Waals surface area contributed by atoms with E-state index in [9.17, 15) is 8.42 Å². The molecular weight excluding hydrogens is 214 g/mol. The number of hydrogen-bond acceptors (Lipinski definition) is 3. The van der Waals surface area contributed by atoms with E-state index in [2.05, 4.69) is 20.8 Å². The maximum absolute atomic E-state index is 11.5. The number of aromatic amines is 1. The highest BCUT2D eigenvalue weighted by Crippen LogP contribution is 2.04. The number of hydrogen-bond donors (Lipinski definition) is 2. The number of nitrogens with zero attached hydrogens (tertiary/aromatic N) is 1. The molecule has 15 heavy (non-hydrogen) atoms. The average Bonchev–Trinajstić information content (AvgIpc) is 2.70. The summed E-state index contributed by atoms with van der Waals surface area (Å²) in [4.78, 5) is 0.152. The lowest BCUT2D eigenvalue weighted by Gasteiger charge is -2.02. The molecule has 0 amide bonds. The van der Waals surface area contributed by atoms with Crippen LogP contribution in [-0.2, 0) is 10.0 Å². The zero-order valence-electron chi connectivity index (χ0n) is 8.23. The summed E-state index contributed by atoms with van der Waals surface area (Å²) in [5.41, 5.74) is 0. The van der Waals surface area contributed by atoms with Crippen molar-refractivity contribution in [1.82, 2.24) is 14.9 Å². The van der Waals surface area contributed by atoms with E-state index in [1.165, 1.54) is 12.4 Å². The smallest absolute Gasteiger partial charge is 0.243 e. The number of terminal acetylenes is 1. The van der Waals surface area contributed by atoms with Gasteiger partial charge in [0.1, 0.15) is 4.90 Å². The molecule has 0 unspecified atom stereocenters. The quantitative estimate of drug-likeness (QED) is 0.548. The predicted molar refractivity (Wildman–Crippen MR) is 56.5 cm³/mol. The Labute approximate surface area is 89.3 Å². The van der Waals surface area contributed by atoms with Crippen molar-refractivity contribution in [3.63, 3.8) is 0 Å². The molecule has 0 aliphatic carbocycles. The molecule has 0 saturated carbocycles. The van der Waals surface area contributed by atoms with Crippen molar-refractivity contribution in [1.29, 1.82) is 0 Å². The standard InChI is InChI=1S/C9H13N3O2S/c1-2-3-4-5-6-12-15(13,14)9-7-10-11-8-9/h1,7-8,12H,3-6H2,(H,10,11). The topological polar surface area (TPSA) is 74.8 Å². The van der Waals surface area contributed by atoms with Gasteiger partial charge in [-0.15, -0.1) is 12.3 Å². The van der Waals surface area contributed by atoms with E-state index < -0.39 is 10.0 Å². The second-order valence-corrected chi connectivity index (χ2v) is 4.76. The van der Waals surface area contributed by atoms with Crippen LogP contribution in [0.5, 0.6) is 0 Å². The first-order chi connectivity index (χ1) is 7.17. The summed E-state index contributed by atoms with van der Waals surface area (Å²) < 4.78 is 25.5. The van der Waals surface area contributed by atoms with Gasteiger partial charge in [-0.25, -0.2) is 13.1 Å². The summed E-state index contributed by atoms with van der Waals surface area (Å²) >= 11 is 0. The van der Waals surface area contributed by atoms with Crippen molar-refractivity contribution in [2.45, 2.75) is 24.2 Å². The SMILES string of the molecule is C#CCCCCNS(=O)(=O)c1cn[nH]c1. The van der Waals surface area contributed by atoms with E-state index in [-0.39, 0.29) is 4.90 Å². The van der Waals surface area contributed by atoms with Crippen LogP contribution in [0, 0.1) is 12.3 Å². The largest absolute Gasteiger partial charge is 0.284 e. The van der Waals surface area contributed by atoms with Crippen LogP contribution >= 0.6 is 0 Å². The fourth-order valence-electron chi connectivity index (χ4n) is 1.03. The third kappa shape index (κ3) is 3.73. The van der Waals surface area contributed by atoms with Crippen molar-refractivity contribution in [3.8, 4) is 12.3 Å². The van der Waals surface area contributed by atoms with Gasteiger partial charge in [-0.1, -0.05) is 0 Å². The normalized spacial score (nSPS) is 11.1. The van der Waals surface area contributed by atoms with Crippen LogP contribution in [0.25, 0.3) is 0 Å². The molecule has 0 bridgehead atoms. The Morgan fingerprint density at radius 2 is 2.33 bits per heavy atom. The van der Waals surface area contributed by atoms with Gasteiger partial charge in [-0.2, -0.15) is 5.10 Å². The van der Waals surface area contributed by atoms with Crippen molar-refractivity contribution in [3.05, 3.63) is 12.4 Å². The molecule has 5 nitrogen and oxygen atoms in total. The van der Waals surface area contributed by atoms with E-state index in [0.717, 1.165) is 12.8 Å². The lowest BCUT2D eigenvalue weighted by Crippen LogP contribution is -2.24. The number of aromatic nitrogens is 2. The average molecular weight is 227 g/mol. The van der Waals surface area contributed by atoms with Gasteiger partial charge < -0.3 is 0 Å². The first-order valence-corrected chi connectivity index (χ1v) is 6.07. The molecule has 1 aromatic heterocycles. The van der Waals surface area contributed by atoms with Crippen LogP contribution in [0.1, 0.15) is 19.3 Å². The number of nitrogens with one attached hydrogen (secondary N) is 2. The van der Waals surface area contributed by atoms with Gasteiger partial charge in [0.05, 0.1) is 6.20 Å². The Morgan fingerprint density at radius 1 is 1.53 bits per heavy atom. The third-order valence-corrected chi connectivity index (χ3v) is 3.25. The fraction of sp³-hybridized carbons (Fsp3) is 0.444. The maximum atomic E-state index is 11.5. The van der Waals surface area contributed by atoms with Gasteiger partial charge >= 0.3 is 0 Å². The molecule has 0 aromatic carbocycles. The summed E-state index contributed by atoms with van der Waals surface area (Å²) in [6.07, 6.45) is 9.91. The minimum absolute atomic E-state index is 0.152. The molecule has 0 spiro atoms. The number of unbranched alkanes of at least 4 members (excludes halogenated alkanes) is 2. The molecule has 0 aliphatic rings. The predicted octanol–water partition coefficient (Wildman–Crippen LogP) is 0.491. The second-order valence-electron chi connectivity index (χ2n) is 2.99. The Hall–Kier alpha value is -1.32. The Morgan fingerprint density at radius 3 is 2.93 bits per heavy atom. The molecule has 2 N–H and O–H groups in total. The number of rotatable bonds is 6. The van der Waals surface area contributed by atoms with Crippen LogP contribution < -0.4 is 4.72 Å². The minimum Gasteiger partial charge on any atom is -0.284 e. The van der Waals surface area contributed by atoms with E-state index in [4.69, 9.17) is 6.42 Å². The summed E-state index contributed by atoms with van der Waals surface area (Å²) in [6.45, 7) is 0.398. The van der Waals surface area contributed by atoms with Gasteiger partial charge in [0, 0.05) is 19.2 Å². The summed E-state index contributed by atoms with van der Waals surface area (Å²) in [7, 11) is -3.40. The molecule has 0 atom stereocenters. The summed E-state index contributed by atoms with van der Waals surface area (Å²) in [6, 6.07) is 0. The van der Waals surface area contributed by atoms with Crippen molar-refractivity contribution in [2.75, 3.05) is 6.54 Å². The second kappa shape index (κ2) is 5.53. The van der Waals surface area contributed by atoms with Crippen LogP contribution in [0.4, 0.5) is 0 Å². The fourth-order valence-corrected chi connectivity index (χ4v) is 2.01. The Kier molecular flexibility index (Phi) is 4.34.